The van der Waals surface area contributed by atoms with E-state index in [9.17, 15) is 14.2 Å². The Bertz CT molecular complexity index is 1310. The summed E-state index contributed by atoms with van der Waals surface area (Å²) in [6, 6.07) is 13.4. The summed E-state index contributed by atoms with van der Waals surface area (Å²) in [6.45, 7) is 17.4. The quantitative estimate of drug-likeness (QED) is 0.0516. The van der Waals surface area contributed by atoms with E-state index in [4.69, 9.17) is 21.2 Å². The Kier molecular flexibility index (Phi) is 19.1. The van der Waals surface area contributed by atoms with Gasteiger partial charge in [-0.3, -0.25) is 20.4 Å². The lowest BCUT2D eigenvalue weighted by Gasteiger charge is -2.09. The van der Waals surface area contributed by atoms with E-state index in [1.807, 2.05) is 84.0 Å². The first-order valence-electron chi connectivity index (χ1n) is 15.9. The predicted octanol–water partition coefficient (Wildman–Crippen LogP) is 6.90. The number of carbonyl (C=O) groups excluding carboxylic acids is 2. The zero-order chi connectivity index (χ0) is 34.6. The lowest BCUT2D eigenvalue weighted by Crippen LogP contribution is -2.31. The fourth-order valence-corrected chi connectivity index (χ4v) is 5.49. The van der Waals surface area contributed by atoms with Crippen LogP contribution < -0.4 is 37.3 Å². The minimum absolute atomic E-state index is 0.227. The largest absolute Gasteiger partial charge is 0.493 e. The van der Waals surface area contributed by atoms with Crippen LogP contribution >= 0.6 is 8.46 Å². The van der Waals surface area contributed by atoms with Gasteiger partial charge in [-0.15, -0.1) is 0 Å². The fraction of sp³-hybridized carbons (Fsp3) is 0.444. The highest BCUT2D eigenvalue weighted by molar-refractivity contribution is 7.34. The summed E-state index contributed by atoms with van der Waals surface area (Å²) in [6.07, 6.45) is 6.78. The van der Waals surface area contributed by atoms with Crippen molar-refractivity contribution < 1.29 is 23.6 Å². The van der Waals surface area contributed by atoms with Gasteiger partial charge in [0.05, 0.1) is 13.2 Å². The average Bonchev–Trinajstić information content (AvgIpc) is 3.01. The molecule has 0 saturated heterocycles. The predicted molar refractivity (Wildman–Crippen MR) is 190 cm³/mol. The number of hydrogen-bond donors (Lipinski definition) is 4. The Morgan fingerprint density at radius 3 is 1.43 bits per heavy atom. The molecule has 3 rings (SSSR count). The standard InChI is InChI=1S/C16H25O3P.2C10H14N2O/c1-3-5-7-11-18-14-9-10-16(20-17)15(13-14)19-12-8-6-4-2;2*1-6-4-7(2)9(8(3)5-6)10(13)12-11/h9-10,13H,3-8,11-12H2,1-2H3;2*4-5H,11H2,1-3H3,(H,12,13)/p+1. The molecule has 3 aromatic rings. The molecule has 0 aliphatic heterocycles. The van der Waals surface area contributed by atoms with Gasteiger partial charge in [0.2, 0.25) is 5.30 Å². The van der Waals surface area contributed by atoms with E-state index in [0.29, 0.717) is 23.5 Å². The number of nitrogens with two attached hydrogens (primary N) is 2. The van der Waals surface area contributed by atoms with Crippen LogP contribution in [0.3, 0.4) is 0 Å². The third-order valence-corrected chi connectivity index (χ3v) is 7.79. The van der Waals surface area contributed by atoms with Gasteiger partial charge in [0, 0.05) is 17.2 Å². The van der Waals surface area contributed by atoms with Crippen molar-refractivity contribution in [3.05, 3.63) is 87.0 Å². The maximum absolute atomic E-state index is 11.3. The molecule has 6 N–H and O–H groups in total. The lowest BCUT2D eigenvalue weighted by molar-refractivity contribution is 0.0944. The molecule has 2 amide bonds. The van der Waals surface area contributed by atoms with Gasteiger partial charge in [-0.05, 0) is 88.8 Å². The molecular weight excluding hydrogens is 599 g/mol. The number of unbranched alkanes of at least 4 members (excludes halogenated alkanes) is 4. The third kappa shape index (κ3) is 13.7. The molecule has 3 aromatic carbocycles. The van der Waals surface area contributed by atoms with Crippen molar-refractivity contribution in [3.63, 3.8) is 0 Å². The van der Waals surface area contributed by atoms with Gasteiger partial charge in [0.25, 0.3) is 11.8 Å². The van der Waals surface area contributed by atoms with E-state index >= 15 is 0 Å². The highest BCUT2D eigenvalue weighted by Gasteiger charge is 2.13. The van der Waals surface area contributed by atoms with E-state index in [1.165, 1.54) is 19.3 Å². The minimum atomic E-state index is -0.491. The molecule has 252 valence electrons. The molecule has 1 unspecified atom stereocenters. The highest BCUT2D eigenvalue weighted by atomic mass is 31.1. The van der Waals surface area contributed by atoms with Crippen LogP contribution in [0.15, 0.2) is 42.5 Å². The van der Waals surface area contributed by atoms with Crippen molar-refractivity contribution in [1.82, 2.24) is 10.9 Å². The van der Waals surface area contributed by atoms with E-state index < -0.39 is 8.46 Å². The number of carbonyl (C=O) groups is 2. The van der Waals surface area contributed by atoms with Crippen LogP contribution in [-0.2, 0) is 4.57 Å². The minimum Gasteiger partial charge on any atom is -0.493 e. The van der Waals surface area contributed by atoms with E-state index in [0.717, 1.165) is 70.3 Å². The van der Waals surface area contributed by atoms with Gasteiger partial charge in [-0.1, -0.05) is 79.5 Å². The molecule has 0 heterocycles. The molecule has 0 aliphatic rings. The van der Waals surface area contributed by atoms with Crippen LogP contribution in [0.5, 0.6) is 11.5 Å². The van der Waals surface area contributed by atoms with Gasteiger partial charge < -0.3 is 9.47 Å². The molecule has 0 bridgehead atoms. The van der Waals surface area contributed by atoms with Crippen LogP contribution in [-0.4, -0.2) is 25.0 Å². The smallest absolute Gasteiger partial charge is 0.367 e. The van der Waals surface area contributed by atoms with Crippen molar-refractivity contribution in [2.24, 2.45) is 11.7 Å². The Balaban J connectivity index is 0.000000358. The number of hydrogen-bond acceptors (Lipinski definition) is 7. The molecule has 0 fully saturated rings. The van der Waals surface area contributed by atoms with Crippen LogP contribution in [0.1, 0.15) is 106 Å². The normalized spacial score (nSPS) is 10.2. The monoisotopic (exact) mass is 653 g/mol. The Labute approximate surface area is 277 Å². The molecule has 0 aliphatic carbocycles. The fourth-order valence-electron chi connectivity index (χ4n) is 5.09. The average molecular weight is 654 g/mol. The van der Waals surface area contributed by atoms with Gasteiger partial charge in [-0.2, -0.15) is 0 Å². The number of amides is 2. The second-order valence-corrected chi connectivity index (χ2v) is 12.1. The third-order valence-electron chi connectivity index (χ3n) is 7.16. The van der Waals surface area contributed by atoms with Crippen LogP contribution in [0.4, 0.5) is 0 Å². The molecule has 0 radical (unpaired) electrons. The zero-order valence-electron chi connectivity index (χ0n) is 28.9. The molecule has 10 heteroatoms. The summed E-state index contributed by atoms with van der Waals surface area (Å²) in [5.74, 6) is 11.2. The van der Waals surface area contributed by atoms with Gasteiger partial charge >= 0.3 is 8.46 Å². The number of nitrogen functional groups attached to an aromatic ring is 2. The zero-order valence-corrected chi connectivity index (χ0v) is 29.9. The topological polar surface area (TPSA) is 146 Å². The molecule has 9 nitrogen and oxygen atoms in total. The molecular formula is C36H54N4O5P+. The first-order chi connectivity index (χ1) is 21.9. The SMILES string of the molecule is CCCCCOc1ccc([PH+]=O)c(OCCCCC)c1.Cc1cc(C)c(C(=O)NN)c(C)c1.Cc1cc(C)c(C(=O)NN)c(C)c1. The molecule has 0 aromatic heterocycles. The summed E-state index contributed by atoms with van der Waals surface area (Å²) in [7, 11) is -0.491. The van der Waals surface area contributed by atoms with Crippen molar-refractivity contribution >= 4 is 25.6 Å². The van der Waals surface area contributed by atoms with Crippen molar-refractivity contribution in [1.29, 1.82) is 0 Å². The molecule has 0 spiro atoms. The highest BCUT2D eigenvalue weighted by Crippen LogP contribution is 2.22. The van der Waals surface area contributed by atoms with Crippen molar-refractivity contribution in [2.45, 2.75) is 93.9 Å². The number of hydrazine groups is 2. The number of benzene rings is 3. The first kappa shape index (κ1) is 40.2. The lowest BCUT2D eigenvalue weighted by atomic mass is 9.99. The van der Waals surface area contributed by atoms with E-state index in [1.54, 1.807) is 0 Å². The Morgan fingerprint density at radius 1 is 0.652 bits per heavy atom. The van der Waals surface area contributed by atoms with Gasteiger partial charge in [-0.25, -0.2) is 11.7 Å². The second kappa shape index (κ2) is 21.9. The van der Waals surface area contributed by atoms with E-state index in [-0.39, 0.29) is 11.8 Å². The van der Waals surface area contributed by atoms with Gasteiger partial charge in [0.1, 0.15) is 5.75 Å². The van der Waals surface area contributed by atoms with Gasteiger partial charge in [0.15, 0.2) is 5.75 Å². The summed E-state index contributed by atoms with van der Waals surface area (Å²) in [5, 5.41) is 0.738. The van der Waals surface area contributed by atoms with Crippen LogP contribution in [0.25, 0.3) is 0 Å². The molecule has 1 atom stereocenters. The van der Waals surface area contributed by atoms with E-state index in [2.05, 4.69) is 24.7 Å². The first-order valence-corrected chi connectivity index (χ1v) is 16.8. The molecule has 0 saturated carbocycles. The van der Waals surface area contributed by atoms with Crippen molar-refractivity contribution in [3.8, 4) is 11.5 Å². The Hall–Kier alpha value is -3.78. The maximum Gasteiger partial charge on any atom is 0.367 e. The summed E-state index contributed by atoms with van der Waals surface area (Å²) >= 11 is 0. The number of rotatable bonds is 13. The number of aryl methyl sites for hydroxylation is 6. The van der Waals surface area contributed by atoms with Crippen LogP contribution in [0, 0.1) is 41.5 Å². The summed E-state index contributed by atoms with van der Waals surface area (Å²) in [4.78, 5) is 22.7. The second-order valence-electron chi connectivity index (χ2n) is 11.4. The summed E-state index contributed by atoms with van der Waals surface area (Å²) < 4.78 is 22.6. The van der Waals surface area contributed by atoms with Crippen LogP contribution in [0.2, 0.25) is 0 Å². The molecule has 46 heavy (non-hydrogen) atoms. The van der Waals surface area contributed by atoms with Crippen molar-refractivity contribution in [2.75, 3.05) is 13.2 Å². The summed E-state index contributed by atoms with van der Waals surface area (Å²) in [5.41, 5.74) is 11.8. The number of nitrogens with one attached hydrogen (secondary N) is 2. The Morgan fingerprint density at radius 2 is 1.07 bits per heavy atom. The maximum atomic E-state index is 11.3. The number of ether oxygens (including phenoxy) is 2.